The molecule has 0 aromatic heterocycles. The number of nitrogens with one attached hydrogen (secondary N) is 1. The van der Waals surface area contributed by atoms with E-state index in [0.29, 0.717) is 32.5 Å². The van der Waals surface area contributed by atoms with Crippen molar-refractivity contribution in [2.75, 3.05) is 26.4 Å². The van der Waals surface area contributed by atoms with Crippen LogP contribution < -0.4 is 14.8 Å². The van der Waals surface area contributed by atoms with Crippen molar-refractivity contribution < 1.29 is 60.3 Å². The minimum Gasteiger partial charge on any atom is -0.494 e. The van der Waals surface area contributed by atoms with E-state index >= 15 is 0 Å². The number of amides is 1. The van der Waals surface area contributed by atoms with Crippen LogP contribution in [0.25, 0.3) is 0 Å². The Bertz CT molecular complexity index is 1610. The lowest BCUT2D eigenvalue weighted by atomic mass is 9.97. The average Bonchev–Trinajstić information content (AvgIpc) is 3.26. The van der Waals surface area contributed by atoms with Gasteiger partial charge < -0.3 is 34.1 Å². The number of hydrogen-bond acceptors (Lipinski definition) is 12. The maximum absolute atomic E-state index is 13.6. The van der Waals surface area contributed by atoms with E-state index in [1.54, 1.807) is 0 Å². The molecule has 2 aromatic carbocycles. The summed E-state index contributed by atoms with van der Waals surface area (Å²) in [7, 11) is -5.09. The highest BCUT2D eigenvalue weighted by Crippen LogP contribution is 2.25. The molecule has 3 N–H and O–H groups in total. The number of para-hydroxylation sites is 2. The van der Waals surface area contributed by atoms with E-state index in [-0.39, 0.29) is 31.8 Å². The molecular formula is C48H75NO13S. The molecule has 0 saturated carbocycles. The van der Waals surface area contributed by atoms with E-state index in [4.69, 9.17) is 27.9 Å². The highest BCUT2D eigenvalue weighted by Gasteiger charge is 2.46. The fraction of sp³-hybridized carbons (Fsp3) is 0.688. The molecule has 63 heavy (non-hydrogen) atoms. The van der Waals surface area contributed by atoms with Crippen LogP contribution in [-0.4, -0.2) is 92.8 Å². The number of benzene rings is 2. The van der Waals surface area contributed by atoms with Gasteiger partial charge in [0.1, 0.15) is 29.8 Å². The van der Waals surface area contributed by atoms with Gasteiger partial charge in [0.15, 0.2) is 6.10 Å². The molecular weight excluding hydrogens is 831 g/mol. The van der Waals surface area contributed by atoms with Gasteiger partial charge in [-0.25, -0.2) is 4.18 Å². The molecule has 1 heterocycles. The lowest BCUT2D eigenvalue weighted by Crippen LogP contribution is -2.62. The van der Waals surface area contributed by atoms with Crippen molar-refractivity contribution >= 4 is 28.2 Å². The van der Waals surface area contributed by atoms with Crippen LogP contribution in [0.2, 0.25) is 0 Å². The highest BCUT2D eigenvalue weighted by molar-refractivity contribution is 7.80. The third-order valence-electron chi connectivity index (χ3n) is 11.0. The van der Waals surface area contributed by atoms with Gasteiger partial charge in [0, 0.05) is 12.8 Å². The Morgan fingerprint density at radius 1 is 0.683 bits per heavy atom. The highest BCUT2D eigenvalue weighted by atomic mass is 32.3. The van der Waals surface area contributed by atoms with Crippen LogP contribution in [0.3, 0.4) is 0 Å². The average molecular weight is 906 g/mol. The lowest BCUT2D eigenvalue weighted by molar-refractivity contribution is -0.186. The number of ether oxygens (including phenoxy) is 5. The number of unbranched alkanes of at least 4 members (excludes halogenated alkanes) is 16. The van der Waals surface area contributed by atoms with Gasteiger partial charge in [0.25, 0.3) is 0 Å². The first-order valence-corrected chi connectivity index (χ1v) is 24.9. The van der Waals surface area contributed by atoms with E-state index in [1.165, 1.54) is 32.1 Å². The summed E-state index contributed by atoms with van der Waals surface area (Å²) in [5.41, 5.74) is 0. The number of aliphatic hydroxyl groups excluding tert-OH is 1. The molecule has 1 saturated heterocycles. The third-order valence-corrected chi connectivity index (χ3v) is 11.5. The van der Waals surface area contributed by atoms with Crippen molar-refractivity contribution in [3.63, 3.8) is 0 Å². The molecule has 5 atom stereocenters. The van der Waals surface area contributed by atoms with Crippen molar-refractivity contribution in [3.8, 4) is 11.5 Å². The van der Waals surface area contributed by atoms with Crippen LogP contribution in [0.15, 0.2) is 60.7 Å². The number of esters is 2. The molecule has 0 bridgehead atoms. The van der Waals surface area contributed by atoms with Crippen LogP contribution in [0, 0.1) is 0 Å². The van der Waals surface area contributed by atoms with E-state index in [2.05, 4.69) is 12.2 Å². The Morgan fingerprint density at radius 2 is 1.17 bits per heavy atom. The molecule has 2 aromatic rings. The van der Waals surface area contributed by atoms with Gasteiger partial charge in [0.2, 0.25) is 5.91 Å². The second-order valence-electron chi connectivity index (χ2n) is 16.5. The Kier molecular flexibility index (Phi) is 27.9. The number of carbonyl (C=O) groups excluding carboxylic acids is 3. The zero-order chi connectivity index (χ0) is 45.4. The maximum atomic E-state index is 13.6. The summed E-state index contributed by atoms with van der Waals surface area (Å²) in [4.78, 5) is 39.8. The Labute approximate surface area is 376 Å². The van der Waals surface area contributed by atoms with Crippen LogP contribution in [-0.2, 0) is 43.2 Å². The van der Waals surface area contributed by atoms with E-state index < -0.39 is 59.3 Å². The molecule has 1 fully saturated rings. The van der Waals surface area contributed by atoms with Crippen molar-refractivity contribution in [1.82, 2.24) is 5.32 Å². The second-order valence-corrected chi connectivity index (χ2v) is 17.5. The Morgan fingerprint density at radius 3 is 1.70 bits per heavy atom. The van der Waals surface area contributed by atoms with Gasteiger partial charge in [-0.1, -0.05) is 133 Å². The summed E-state index contributed by atoms with van der Waals surface area (Å²) in [5, 5.41) is 12.8. The summed E-state index contributed by atoms with van der Waals surface area (Å²) in [6.07, 6.45) is 13.7. The monoisotopic (exact) mass is 905 g/mol. The van der Waals surface area contributed by atoms with E-state index in [9.17, 15) is 32.5 Å². The van der Waals surface area contributed by atoms with Gasteiger partial charge in [-0.3, -0.25) is 18.9 Å². The third kappa shape index (κ3) is 25.4. The first-order chi connectivity index (χ1) is 30.6. The quantitative estimate of drug-likeness (QED) is 0.0334. The van der Waals surface area contributed by atoms with Crippen LogP contribution >= 0.6 is 0 Å². The fourth-order valence-electron chi connectivity index (χ4n) is 7.57. The predicted octanol–water partition coefficient (Wildman–Crippen LogP) is 9.02. The Balaban J connectivity index is 1.52. The molecule has 1 amide bonds. The summed E-state index contributed by atoms with van der Waals surface area (Å²) in [6, 6.07) is 18.1. The lowest BCUT2D eigenvalue weighted by Gasteiger charge is -2.40. The van der Waals surface area contributed by atoms with Crippen LogP contribution in [0.5, 0.6) is 11.5 Å². The summed E-state index contributed by atoms with van der Waals surface area (Å²) < 4.78 is 67.0. The van der Waals surface area contributed by atoms with Crippen molar-refractivity contribution in [2.45, 2.75) is 185 Å². The zero-order valence-corrected chi connectivity index (χ0v) is 38.4. The van der Waals surface area contributed by atoms with Gasteiger partial charge in [-0.2, -0.15) is 8.42 Å². The van der Waals surface area contributed by atoms with Gasteiger partial charge in [-0.05, 0) is 62.8 Å². The van der Waals surface area contributed by atoms with Crippen LogP contribution in [0.4, 0.5) is 0 Å². The zero-order valence-electron chi connectivity index (χ0n) is 37.5. The SMILES string of the molecule is CCCCCCCCCCCC(CC(=O)N[C@H]1CO[C@H](CO)[C@@H](OS(=O)(=O)O)[C@@H]1OC(=O)CCCCCCCOc1ccccc1)OC(=O)CCCCCCCOc1ccccc1. The normalized spacial score (nSPS) is 18.0. The molecule has 1 aliphatic rings. The smallest absolute Gasteiger partial charge is 0.397 e. The van der Waals surface area contributed by atoms with Crippen molar-refractivity contribution in [3.05, 3.63) is 60.7 Å². The second kappa shape index (κ2) is 32.8. The standard InChI is InChI=1S/C48H75NO13S/c1-2-3-4-5-6-7-8-11-18-31-41(60-45(52)32-23-12-9-14-25-34-57-39-27-19-16-20-28-39)36-44(51)49-42-38-59-43(37-50)48(62-63(54,55)56)47(42)61-46(53)33-24-13-10-15-26-35-58-40-29-21-17-22-30-40/h16-17,19-22,27-30,41-43,47-48,50H,2-15,18,23-26,31-38H2,1H3,(H,49,51)(H,54,55,56)/t41?,42-,43+,47+,48+/m0/s1. The number of aliphatic hydroxyl groups is 1. The van der Waals surface area contributed by atoms with E-state index in [1.807, 2.05) is 60.7 Å². The Hall–Kier alpha value is -3.76. The van der Waals surface area contributed by atoms with Gasteiger partial charge >= 0.3 is 22.3 Å². The molecule has 3 rings (SSSR count). The number of rotatable bonds is 36. The van der Waals surface area contributed by atoms with Crippen molar-refractivity contribution in [1.29, 1.82) is 0 Å². The van der Waals surface area contributed by atoms with Crippen molar-refractivity contribution in [2.24, 2.45) is 0 Å². The molecule has 15 heteroatoms. The molecule has 0 aliphatic carbocycles. The molecule has 0 spiro atoms. The molecule has 0 radical (unpaired) electrons. The van der Waals surface area contributed by atoms with Gasteiger partial charge in [-0.15, -0.1) is 0 Å². The van der Waals surface area contributed by atoms with Gasteiger partial charge in [0.05, 0.1) is 38.9 Å². The minimum absolute atomic E-state index is 0.0143. The first kappa shape index (κ1) is 53.6. The summed E-state index contributed by atoms with van der Waals surface area (Å²) >= 11 is 0. The van der Waals surface area contributed by atoms with E-state index in [0.717, 1.165) is 88.5 Å². The molecule has 14 nitrogen and oxygen atoms in total. The number of hydrogen-bond donors (Lipinski definition) is 3. The topological polar surface area (TPSA) is 193 Å². The minimum atomic E-state index is -5.09. The fourth-order valence-corrected chi connectivity index (χ4v) is 8.09. The molecule has 1 unspecified atom stereocenters. The predicted molar refractivity (Wildman–Crippen MR) is 241 cm³/mol. The molecule has 356 valence electrons. The van der Waals surface area contributed by atoms with Crippen LogP contribution in [0.1, 0.15) is 155 Å². The number of carbonyl (C=O) groups is 3. The first-order valence-electron chi connectivity index (χ1n) is 23.5. The summed E-state index contributed by atoms with van der Waals surface area (Å²) in [5.74, 6) is 0.0973. The largest absolute Gasteiger partial charge is 0.494 e. The summed E-state index contributed by atoms with van der Waals surface area (Å²) in [6.45, 7) is 2.46. The molecule has 1 aliphatic heterocycles. The maximum Gasteiger partial charge on any atom is 0.397 e.